The highest BCUT2D eigenvalue weighted by Crippen LogP contribution is 2.28. The van der Waals surface area contributed by atoms with Crippen LogP contribution in [0.5, 0.6) is 0 Å². The molecule has 0 aliphatic carbocycles. The van der Waals surface area contributed by atoms with E-state index in [9.17, 15) is 0 Å². The average Bonchev–Trinajstić information content (AvgIpc) is 2.83. The van der Waals surface area contributed by atoms with Crippen molar-refractivity contribution in [3.05, 3.63) is 49.3 Å². The van der Waals surface area contributed by atoms with Crippen LogP contribution in [0.2, 0.25) is 5.02 Å². The number of rotatable bonds is 6. The smallest absolute Gasteiger partial charge is 0.0947 e. The summed E-state index contributed by atoms with van der Waals surface area (Å²) in [6, 6.07) is 6.40. The Morgan fingerprint density at radius 2 is 2.25 bits per heavy atom. The zero-order valence-corrected chi connectivity index (χ0v) is 14.8. The van der Waals surface area contributed by atoms with E-state index in [1.165, 1.54) is 5.56 Å². The number of halogens is 2. The molecule has 2 nitrogen and oxygen atoms in total. The molecule has 2 rings (SSSR count). The molecule has 1 atom stereocenters. The molecule has 2 aromatic rings. The minimum atomic E-state index is 0.256. The van der Waals surface area contributed by atoms with Crippen molar-refractivity contribution in [2.24, 2.45) is 0 Å². The standard InChI is InChI=1S/C15H18BrClN2S/c1-3-6-18-14(8-15-19-10(2)9-20-15)11-4-5-12(16)13(17)7-11/h4-5,7,9,14,18H,3,6,8H2,1-2H3. The van der Waals surface area contributed by atoms with Gasteiger partial charge in [0.15, 0.2) is 0 Å². The van der Waals surface area contributed by atoms with E-state index >= 15 is 0 Å². The summed E-state index contributed by atoms with van der Waals surface area (Å²) in [6.45, 7) is 5.19. The molecule has 0 saturated heterocycles. The van der Waals surface area contributed by atoms with Crippen LogP contribution in [0.1, 0.15) is 35.7 Å². The molecule has 0 saturated carbocycles. The van der Waals surface area contributed by atoms with Gasteiger partial charge >= 0.3 is 0 Å². The van der Waals surface area contributed by atoms with Gasteiger partial charge in [0.2, 0.25) is 0 Å². The molecule has 0 spiro atoms. The van der Waals surface area contributed by atoms with E-state index in [4.69, 9.17) is 11.6 Å². The second-order valence-corrected chi connectivity index (χ2v) is 6.97. The Bertz CT molecular complexity index is 571. The molecule has 1 aromatic heterocycles. The van der Waals surface area contributed by atoms with E-state index in [1.807, 2.05) is 19.1 Å². The molecule has 1 unspecified atom stereocenters. The van der Waals surface area contributed by atoms with Crippen molar-refractivity contribution in [1.29, 1.82) is 0 Å². The largest absolute Gasteiger partial charge is 0.310 e. The number of nitrogens with zero attached hydrogens (tertiary/aromatic N) is 1. The van der Waals surface area contributed by atoms with Gasteiger partial charge in [0.1, 0.15) is 0 Å². The normalized spacial score (nSPS) is 12.6. The molecular formula is C15H18BrClN2S. The molecule has 20 heavy (non-hydrogen) atoms. The van der Waals surface area contributed by atoms with Crippen LogP contribution in [0.15, 0.2) is 28.1 Å². The maximum atomic E-state index is 6.21. The summed E-state index contributed by atoms with van der Waals surface area (Å²) in [5.74, 6) is 0. The minimum absolute atomic E-state index is 0.256. The first kappa shape index (κ1) is 16.0. The molecule has 0 aliphatic heterocycles. The van der Waals surface area contributed by atoms with Gasteiger partial charge in [0, 0.05) is 28.0 Å². The van der Waals surface area contributed by atoms with E-state index in [0.29, 0.717) is 0 Å². The molecule has 5 heteroatoms. The Hall–Kier alpha value is -0.420. The van der Waals surface area contributed by atoms with Crippen molar-refractivity contribution in [3.63, 3.8) is 0 Å². The summed E-state index contributed by atoms with van der Waals surface area (Å²) in [5, 5.41) is 7.59. The maximum Gasteiger partial charge on any atom is 0.0947 e. The van der Waals surface area contributed by atoms with Gasteiger partial charge in [-0.25, -0.2) is 4.98 Å². The molecule has 108 valence electrons. The predicted octanol–water partition coefficient (Wildman–Crippen LogP) is 5.15. The number of benzene rings is 1. The third-order valence-electron chi connectivity index (χ3n) is 3.03. The van der Waals surface area contributed by atoms with Gasteiger partial charge in [-0.3, -0.25) is 0 Å². The van der Waals surface area contributed by atoms with E-state index in [0.717, 1.165) is 39.6 Å². The Morgan fingerprint density at radius 3 is 2.85 bits per heavy atom. The number of nitrogens with one attached hydrogen (secondary N) is 1. The Kier molecular flexibility index (Phi) is 6.02. The first-order valence-electron chi connectivity index (χ1n) is 6.69. The quantitative estimate of drug-likeness (QED) is 0.757. The zero-order chi connectivity index (χ0) is 14.5. The molecule has 0 amide bonds. The Morgan fingerprint density at radius 1 is 1.45 bits per heavy atom. The van der Waals surface area contributed by atoms with Gasteiger partial charge in [-0.1, -0.05) is 24.6 Å². The van der Waals surface area contributed by atoms with Crippen molar-refractivity contribution in [2.45, 2.75) is 32.7 Å². The monoisotopic (exact) mass is 372 g/mol. The summed E-state index contributed by atoms with van der Waals surface area (Å²) in [4.78, 5) is 4.56. The van der Waals surface area contributed by atoms with E-state index in [-0.39, 0.29) is 6.04 Å². The van der Waals surface area contributed by atoms with Crippen LogP contribution in [0.4, 0.5) is 0 Å². The second-order valence-electron chi connectivity index (χ2n) is 4.77. The van der Waals surface area contributed by atoms with Crippen LogP contribution < -0.4 is 5.32 Å². The van der Waals surface area contributed by atoms with Crippen molar-refractivity contribution in [2.75, 3.05) is 6.54 Å². The maximum absolute atomic E-state index is 6.21. The topological polar surface area (TPSA) is 24.9 Å². The van der Waals surface area contributed by atoms with Crippen LogP contribution in [-0.4, -0.2) is 11.5 Å². The van der Waals surface area contributed by atoms with Gasteiger partial charge in [-0.15, -0.1) is 11.3 Å². The Labute approximate surface area is 137 Å². The first-order chi connectivity index (χ1) is 9.60. The number of hydrogen-bond donors (Lipinski definition) is 1. The molecule has 1 aromatic carbocycles. The van der Waals surface area contributed by atoms with Crippen LogP contribution >= 0.6 is 38.9 Å². The van der Waals surface area contributed by atoms with Crippen molar-refractivity contribution < 1.29 is 0 Å². The van der Waals surface area contributed by atoms with Gasteiger partial charge < -0.3 is 5.32 Å². The van der Waals surface area contributed by atoms with Gasteiger partial charge in [-0.05, 0) is 53.5 Å². The zero-order valence-electron chi connectivity index (χ0n) is 11.6. The lowest BCUT2D eigenvalue weighted by molar-refractivity contribution is 0.528. The fourth-order valence-corrected chi connectivity index (χ4v) is 3.28. The second kappa shape index (κ2) is 7.55. The van der Waals surface area contributed by atoms with Crippen LogP contribution in [0, 0.1) is 6.92 Å². The summed E-state index contributed by atoms with van der Waals surface area (Å²) in [7, 11) is 0. The van der Waals surface area contributed by atoms with Crippen molar-refractivity contribution in [1.82, 2.24) is 10.3 Å². The predicted molar refractivity (Wildman–Crippen MR) is 90.7 cm³/mol. The molecular weight excluding hydrogens is 356 g/mol. The molecule has 0 radical (unpaired) electrons. The van der Waals surface area contributed by atoms with E-state index in [2.05, 4.69) is 44.6 Å². The third-order valence-corrected chi connectivity index (χ3v) is 5.25. The fraction of sp³-hybridized carbons (Fsp3) is 0.400. The SMILES string of the molecule is CCCNC(Cc1nc(C)cs1)c1ccc(Br)c(Cl)c1. The van der Waals surface area contributed by atoms with Gasteiger partial charge in [0.05, 0.1) is 10.0 Å². The van der Waals surface area contributed by atoms with Crippen LogP contribution in [0.3, 0.4) is 0 Å². The van der Waals surface area contributed by atoms with Crippen molar-refractivity contribution in [3.8, 4) is 0 Å². The van der Waals surface area contributed by atoms with E-state index in [1.54, 1.807) is 11.3 Å². The Balaban J connectivity index is 2.19. The summed E-state index contributed by atoms with van der Waals surface area (Å²) < 4.78 is 0.933. The van der Waals surface area contributed by atoms with Crippen LogP contribution in [-0.2, 0) is 6.42 Å². The average molecular weight is 374 g/mol. The molecule has 0 fully saturated rings. The van der Waals surface area contributed by atoms with Crippen LogP contribution in [0.25, 0.3) is 0 Å². The van der Waals surface area contributed by atoms with E-state index < -0.39 is 0 Å². The highest BCUT2D eigenvalue weighted by atomic mass is 79.9. The highest BCUT2D eigenvalue weighted by molar-refractivity contribution is 9.10. The lowest BCUT2D eigenvalue weighted by Gasteiger charge is -2.18. The number of aromatic nitrogens is 1. The lowest BCUT2D eigenvalue weighted by Crippen LogP contribution is -2.24. The van der Waals surface area contributed by atoms with Gasteiger partial charge in [-0.2, -0.15) is 0 Å². The van der Waals surface area contributed by atoms with Crippen molar-refractivity contribution >= 4 is 38.9 Å². The lowest BCUT2D eigenvalue weighted by atomic mass is 10.0. The molecule has 1 N–H and O–H groups in total. The first-order valence-corrected chi connectivity index (χ1v) is 8.74. The van der Waals surface area contributed by atoms with Gasteiger partial charge in [0.25, 0.3) is 0 Å². The molecule has 1 heterocycles. The highest BCUT2D eigenvalue weighted by Gasteiger charge is 2.14. The fourth-order valence-electron chi connectivity index (χ4n) is 2.03. The molecule has 0 aliphatic rings. The third kappa shape index (κ3) is 4.29. The minimum Gasteiger partial charge on any atom is -0.310 e. The molecule has 0 bridgehead atoms. The number of hydrogen-bond acceptors (Lipinski definition) is 3. The number of thiazole rings is 1. The number of aryl methyl sites for hydroxylation is 1. The summed E-state index contributed by atoms with van der Waals surface area (Å²) in [5.41, 5.74) is 2.30. The summed E-state index contributed by atoms with van der Waals surface area (Å²) >= 11 is 11.4. The summed E-state index contributed by atoms with van der Waals surface area (Å²) in [6.07, 6.45) is 2.01.